The van der Waals surface area contributed by atoms with Gasteiger partial charge in [0.15, 0.2) is 5.84 Å². The number of rotatable bonds is 4. The molecule has 0 spiro atoms. The molecule has 5 heteroatoms. The summed E-state index contributed by atoms with van der Waals surface area (Å²) in [6, 6.07) is 5.45. The van der Waals surface area contributed by atoms with Crippen molar-refractivity contribution in [1.82, 2.24) is 0 Å². The lowest BCUT2D eigenvalue weighted by Gasteiger charge is -2.08. The van der Waals surface area contributed by atoms with Gasteiger partial charge in [0.1, 0.15) is 5.75 Å². The number of hydrogen-bond acceptors (Lipinski definition) is 4. The lowest BCUT2D eigenvalue weighted by Crippen LogP contribution is -2.13. The Bertz CT molecular complexity index is 366. The summed E-state index contributed by atoms with van der Waals surface area (Å²) in [5.74, 6) is 1.76. The number of hydrogen-bond donors (Lipinski definition) is 2. The van der Waals surface area contributed by atoms with Crippen molar-refractivity contribution in [3.05, 3.63) is 29.3 Å². The van der Waals surface area contributed by atoms with Crippen LogP contribution >= 0.6 is 11.8 Å². The van der Waals surface area contributed by atoms with Gasteiger partial charge in [-0.15, -0.1) is 0 Å². The lowest BCUT2D eigenvalue weighted by molar-refractivity contribution is 0.318. The molecule has 1 aromatic carbocycles. The summed E-state index contributed by atoms with van der Waals surface area (Å²) in [4.78, 5) is 0. The largest absolute Gasteiger partial charge is 0.496 e. The summed E-state index contributed by atoms with van der Waals surface area (Å²) in [6.45, 7) is 0. The maximum atomic E-state index is 8.56. The number of nitrogens with zero attached hydrogens (tertiary/aromatic N) is 1. The maximum Gasteiger partial charge on any atom is 0.170 e. The molecule has 0 fully saturated rings. The summed E-state index contributed by atoms with van der Waals surface area (Å²) in [7, 11) is 1.63. The molecule has 0 bridgehead atoms. The Hall–Kier alpha value is -1.36. The van der Waals surface area contributed by atoms with Gasteiger partial charge < -0.3 is 15.7 Å². The Balaban J connectivity index is 3.09. The molecule has 0 radical (unpaired) electrons. The average Bonchev–Trinajstić information content (AvgIpc) is 2.28. The van der Waals surface area contributed by atoms with E-state index in [2.05, 4.69) is 5.16 Å². The van der Waals surface area contributed by atoms with Gasteiger partial charge in [-0.1, -0.05) is 5.16 Å². The van der Waals surface area contributed by atoms with Gasteiger partial charge in [-0.25, -0.2) is 0 Å². The number of ether oxygens (including phenoxy) is 1. The number of benzene rings is 1. The first kappa shape index (κ1) is 11.7. The van der Waals surface area contributed by atoms with Crippen LogP contribution in [0.15, 0.2) is 23.4 Å². The minimum absolute atomic E-state index is 0.111. The zero-order chi connectivity index (χ0) is 11.3. The zero-order valence-corrected chi connectivity index (χ0v) is 9.54. The van der Waals surface area contributed by atoms with E-state index in [4.69, 9.17) is 15.7 Å². The van der Waals surface area contributed by atoms with E-state index in [1.807, 2.05) is 18.4 Å². The summed E-state index contributed by atoms with van der Waals surface area (Å²) in [6.07, 6.45) is 2.01. The molecule has 82 valence electrons. The monoisotopic (exact) mass is 226 g/mol. The first-order valence-electron chi connectivity index (χ1n) is 4.36. The maximum absolute atomic E-state index is 8.56. The molecular weight excluding hydrogens is 212 g/mol. The molecule has 0 unspecified atom stereocenters. The number of thioether (sulfide) groups is 1. The normalized spacial score (nSPS) is 11.5. The fourth-order valence-electron chi connectivity index (χ4n) is 1.26. The molecule has 1 aromatic rings. The Kier molecular flexibility index (Phi) is 4.30. The van der Waals surface area contributed by atoms with Gasteiger partial charge in [-0.2, -0.15) is 11.8 Å². The molecule has 1 rings (SSSR count). The van der Waals surface area contributed by atoms with Crippen LogP contribution in [0.25, 0.3) is 0 Å². The molecule has 0 saturated carbocycles. The summed E-state index contributed by atoms with van der Waals surface area (Å²) in [5.41, 5.74) is 7.24. The van der Waals surface area contributed by atoms with E-state index in [-0.39, 0.29) is 5.84 Å². The minimum Gasteiger partial charge on any atom is -0.496 e. The first-order valence-corrected chi connectivity index (χ1v) is 5.76. The van der Waals surface area contributed by atoms with Crippen molar-refractivity contribution >= 4 is 17.6 Å². The molecule has 0 atom stereocenters. The molecule has 0 aromatic heterocycles. The lowest BCUT2D eigenvalue weighted by atomic mass is 10.1. The van der Waals surface area contributed by atoms with Crippen LogP contribution in [-0.2, 0) is 5.75 Å². The van der Waals surface area contributed by atoms with Crippen molar-refractivity contribution in [1.29, 1.82) is 0 Å². The molecule has 15 heavy (non-hydrogen) atoms. The molecule has 4 nitrogen and oxygen atoms in total. The van der Waals surface area contributed by atoms with E-state index in [1.54, 1.807) is 24.9 Å². The van der Waals surface area contributed by atoms with Gasteiger partial charge in [0.2, 0.25) is 0 Å². The van der Waals surface area contributed by atoms with Crippen LogP contribution in [0, 0.1) is 0 Å². The molecule has 0 amide bonds. The second-order valence-corrected chi connectivity index (χ2v) is 3.81. The highest BCUT2D eigenvalue weighted by molar-refractivity contribution is 7.97. The van der Waals surface area contributed by atoms with Crippen molar-refractivity contribution in [2.24, 2.45) is 10.9 Å². The fraction of sp³-hybridized carbons (Fsp3) is 0.300. The van der Waals surface area contributed by atoms with Crippen molar-refractivity contribution in [2.45, 2.75) is 5.75 Å². The van der Waals surface area contributed by atoms with Crippen molar-refractivity contribution in [3.8, 4) is 5.75 Å². The van der Waals surface area contributed by atoms with Crippen LogP contribution in [-0.4, -0.2) is 24.4 Å². The van der Waals surface area contributed by atoms with Gasteiger partial charge in [-0.05, 0) is 24.5 Å². The fourth-order valence-corrected chi connectivity index (χ4v) is 1.80. The van der Waals surface area contributed by atoms with E-state index < -0.39 is 0 Å². The van der Waals surface area contributed by atoms with Gasteiger partial charge in [0.05, 0.1) is 7.11 Å². The third-order valence-electron chi connectivity index (χ3n) is 1.98. The molecule has 0 aliphatic carbocycles. The van der Waals surface area contributed by atoms with Crippen LogP contribution < -0.4 is 10.5 Å². The third-order valence-corrected chi connectivity index (χ3v) is 2.58. The van der Waals surface area contributed by atoms with Crippen LogP contribution in [0.1, 0.15) is 11.1 Å². The topological polar surface area (TPSA) is 67.8 Å². The van der Waals surface area contributed by atoms with Gasteiger partial charge >= 0.3 is 0 Å². The first-order chi connectivity index (χ1) is 7.22. The molecular formula is C10H14N2O2S. The van der Waals surface area contributed by atoms with Crippen molar-refractivity contribution in [2.75, 3.05) is 13.4 Å². The smallest absolute Gasteiger partial charge is 0.170 e. The molecule has 0 saturated heterocycles. The van der Waals surface area contributed by atoms with Crippen molar-refractivity contribution in [3.63, 3.8) is 0 Å². The number of methoxy groups -OCH3 is 1. The van der Waals surface area contributed by atoms with Crippen LogP contribution in [0.4, 0.5) is 0 Å². The Morgan fingerprint density at radius 1 is 1.60 bits per heavy atom. The second-order valence-electron chi connectivity index (χ2n) is 2.94. The second kappa shape index (κ2) is 5.50. The van der Waals surface area contributed by atoms with E-state index in [0.29, 0.717) is 5.56 Å². The van der Waals surface area contributed by atoms with Gasteiger partial charge in [-0.3, -0.25) is 0 Å². The van der Waals surface area contributed by atoms with E-state index in [1.165, 1.54) is 0 Å². The van der Waals surface area contributed by atoms with Crippen LogP contribution in [0.5, 0.6) is 5.75 Å². The van der Waals surface area contributed by atoms with E-state index >= 15 is 0 Å². The minimum atomic E-state index is 0.111. The van der Waals surface area contributed by atoms with Gasteiger partial charge in [0.25, 0.3) is 0 Å². The Labute approximate surface area is 93.1 Å². The van der Waals surface area contributed by atoms with Crippen LogP contribution in [0.3, 0.4) is 0 Å². The van der Waals surface area contributed by atoms with E-state index in [0.717, 1.165) is 17.1 Å². The average molecular weight is 226 g/mol. The highest BCUT2D eigenvalue weighted by atomic mass is 32.2. The summed E-state index contributed by atoms with van der Waals surface area (Å²) in [5, 5.41) is 11.5. The third kappa shape index (κ3) is 2.79. The summed E-state index contributed by atoms with van der Waals surface area (Å²) >= 11 is 1.69. The highest BCUT2D eigenvalue weighted by Crippen LogP contribution is 2.23. The van der Waals surface area contributed by atoms with E-state index in [9.17, 15) is 0 Å². The predicted molar refractivity (Wildman–Crippen MR) is 62.7 cm³/mol. The standard InChI is InChI=1S/C10H14N2O2S/c1-14-9-4-3-7(10(11)12-13)5-8(9)6-15-2/h3-5,13H,6H2,1-2H3,(H2,11,12). The molecule has 0 aliphatic heterocycles. The molecule has 0 heterocycles. The zero-order valence-electron chi connectivity index (χ0n) is 8.73. The molecule has 3 N–H and O–H groups in total. The van der Waals surface area contributed by atoms with Crippen molar-refractivity contribution < 1.29 is 9.94 Å². The van der Waals surface area contributed by atoms with Gasteiger partial charge in [0, 0.05) is 16.9 Å². The Morgan fingerprint density at radius 3 is 2.87 bits per heavy atom. The Morgan fingerprint density at radius 2 is 2.33 bits per heavy atom. The van der Waals surface area contributed by atoms with Crippen LogP contribution in [0.2, 0.25) is 0 Å². The highest BCUT2D eigenvalue weighted by Gasteiger charge is 2.06. The quantitative estimate of drug-likeness (QED) is 0.354. The number of amidine groups is 1. The predicted octanol–water partition coefficient (Wildman–Crippen LogP) is 1.65. The number of nitrogens with two attached hydrogens (primary N) is 1. The summed E-state index contributed by atoms with van der Waals surface area (Å²) < 4.78 is 5.21. The SMILES string of the molecule is COc1ccc(/C(N)=N/O)cc1CSC. The number of oxime groups is 1. The molecule has 0 aliphatic rings.